The molecule has 1 atom stereocenters. The van der Waals surface area contributed by atoms with Crippen LogP contribution in [0, 0.1) is 6.92 Å². The molecule has 0 bridgehead atoms. The van der Waals surface area contributed by atoms with Gasteiger partial charge in [-0.1, -0.05) is 23.7 Å². The molecule has 0 unspecified atom stereocenters. The first-order chi connectivity index (χ1) is 7.54. The maximum Gasteiger partial charge on any atom is 0.319 e. The zero-order valence-electron chi connectivity index (χ0n) is 9.25. The number of nitrogens with one attached hydrogen (secondary N) is 2. The summed E-state index contributed by atoms with van der Waals surface area (Å²) in [5.41, 5.74) is 1.46. The number of anilines is 1. The molecule has 0 heterocycles. The van der Waals surface area contributed by atoms with Crippen LogP contribution in [0.2, 0.25) is 5.02 Å². The number of aliphatic hydroxyl groups excluding tert-OH is 1. The van der Waals surface area contributed by atoms with E-state index in [2.05, 4.69) is 10.6 Å². The Hall–Kier alpha value is -1.26. The normalized spacial score (nSPS) is 12.0. The van der Waals surface area contributed by atoms with E-state index in [1.54, 1.807) is 13.0 Å². The van der Waals surface area contributed by atoms with Gasteiger partial charge in [-0.3, -0.25) is 0 Å². The Bertz CT molecular complexity index is 382. The van der Waals surface area contributed by atoms with Crippen LogP contribution in [0.3, 0.4) is 0 Å². The third kappa shape index (κ3) is 3.40. The van der Waals surface area contributed by atoms with E-state index in [1.165, 1.54) is 0 Å². The quantitative estimate of drug-likeness (QED) is 0.761. The number of hydrogen-bond donors (Lipinski definition) is 3. The number of carbonyl (C=O) groups excluding carboxylic acids is 1. The van der Waals surface area contributed by atoms with E-state index in [4.69, 9.17) is 16.7 Å². The van der Waals surface area contributed by atoms with Crippen LogP contribution in [0.15, 0.2) is 18.2 Å². The fraction of sp³-hybridized carbons (Fsp3) is 0.364. The molecule has 0 aromatic heterocycles. The van der Waals surface area contributed by atoms with Gasteiger partial charge in [-0.25, -0.2) is 4.79 Å². The third-order valence-corrected chi connectivity index (χ3v) is 2.59. The number of halogens is 1. The summed E-state index contributed by atoms with van der Waals surface area (Å²) >= 11 is 6.02. The number of amides is 2. The second kappa shape index (κ2) is 5.72. The van der Waals surface area contributed by atoms with Crippen LogP contribution in [0.5, 0.6) is 0 Å². The summed E-state index contributed by atoms with van der Waals surface area (Å²) in [5, 5.41) is 14.5. The Labute approximate surface area is 99.6 Å². The van der Waals surface area contributed by atoms with Crippen LogP contribution in [-0.2, 0) is 0 Å². The fourth-order valence-electron chi connectivity index (χ4n) is 1.17. The molecule has 0 radical (unpaired) electrons. The summed E-state index contributed by atoms with van der Waals surface area (Å²) in [6.45, 7) is 3.47. The van der Waals surface area contributed by atoms with E-state index >= 15 is 0 Å². The van der Waals surface area contributed by atoms with E-state index in [-0.39, 0.29) is 18.7 Å². The Kier molecular flexibility index (Phi) is 4.58. The van der Waals surface area contributed by atoms with E-state index in [0.29, 0.717) is 10.7 Å². The first-order valence-corrected chi connectivity index (χ1v) is 5.36. The standard InChI is InChI=1S/C11H15ClN2O2/c1-7-4-3-5-9(10(7)12)14-11(16)13-8(2)6-15/h3-5,8,15H,6H2,1-2H3,(H2,13,14,16)/t8-/m0/s1. The summed E-state index contributed by atoms with van der Waals surface area (Å²) < 4.78 is 0. The predicted molar refractivity (Wildman–Crippen MR) is 64.9 cm³/mol. The van der Waals surface area contributed by atoms with Crippen LogP contribution >= 0.6 is 11.6 Å². The highest BCUT2D eigenvalue weighted by Gasteiger charge is 2.08. The van der Waals surface area contributed by atoms with Gasteiger partial charge in [-0.15, -0.1) is 0 Å². The molecule has 0 saturated heterocycles. The zero-order valence-corrected chi connectivity index (χ0v) is 10.0. The molecular formula is C11H15ClN2O2. The van der Waals surface area contributed by atoms with Gasteiger partial charge < -0.3 is 15.7 Å². The number of aryl methyl sites for hydroxylation is 1. The van der Waals surface area contributed by atoms with E-state index in [1.807, 2.05) is 19.1 Å². The first-order valence-electron chi connectivity index (χ1n) is 4.98. The molecule has 16 heavy (non-hydrogen) atoms. The van der Waals surface area contributed by atoms with Crippen molar-refractivity contribution in [1.82, 2.24) is 5.32 Å². The van der Waals surface area contributed by atoms with Crippen molar-refractivity contribution in [2.24, 2.45) is 0 Å². The van der Waals surface area contributed by atoms with E-state index in [9.17, 15) is 4.79 Å². The molecule has 1 rings (SSSR count). The topological polar surface area (TPSA) is 61.4 Å². The average molecular weight is 243 g/mol. The predicted octanol–water partition coefficient (Wildman–Crippen LogP) is 2.15. The van der Waals surface area contributed by atoms with Gasteiger partial charge in [0.2, 0.25) is 0 Å². The number of rotatable bonds is 3. The van der Waals surface area contributed by atoms with Crippen LogP contribution in [0.4, 0.5) is 10.5 Å². The molecule has 0 aliphatic rings. The van der Waals surface area contributed by atoms with Crippen molar-refractivity contribution in [3.05, 3.63) is 28.8 Å². The number of benzene rings is 1. The zero-order chi connectivity index (χ0) is 12.1. The molecule has 1 aromatic rings. The molecule has 1 aromatic carbocycles. The Morgan fingerprint density at radius 1 is 1.56 bits per heavy atom. The Morgan fingerprint density at radius 3 is 2.88 bits per heavy atom. The first kappa shape index (κ1) is 12.8. The summed E-state index contributed by atoms with van der Waals surface area (Å²) in [5.74, 6) is 0. The van der Waals surface area contributed by atoms with Gasteiger partial charge in [0.25, 0.3) is 0 Å². The molecule has 5 heteroatoms. The minimum absolute atomic E-state index is 0.102. The van der Waals surface area contributed by atoms with Gasteiger partial charge in [0.1, 0.15) is 0 Å². The van der Waals surface area contributed by atoms with Crippen molar-refractivity contribution in [3.8, 4) is 0 Å². The molecular weight excluding hydrogens is 228 g/mol. The van der Waals surface area contributed by atoms with Crippen molar-refractivity contribution >= 4 is 23.3 Å². The summed E-state index contributed by atoms with van der Waals surface area (Å²) in [7, 11) is 0. The Balaban J connectivity index is 2.66. The molecule has 2 amide bonds. The van der Waals surface area contributed by atoms with E-state index < -0.39 is 0 Å². The molecule has 88 valence electrons. The minimum atomic E-state index is -0.381. The van der Waals surface area contributed by atoms with Crippen molar-refractivity contribution in [2.75, 3.05) is 11.9 Å². The highest BCUT2D eigenvalue weighted by atomic mass is 35.5. The van der Waals surface area contributed by atoms with Crippen molar-refractivity contribution in [1.29, 1.82) is 0 Å². The lowest BCUT2D eigenvalue weighted by Gasteiger charge is -2.13. The van der Waals surface area contributed by atoms with Gasteiger partial charge >= 0.3 is 6.03 Å². The van der Waals surface area contributed by atoms with Crippen LogP contribution in [0.1, 0.15) is 12.5 Å². The SMILES string of the molecule is Cc1cccc(NC(=O)N[C@@H](C)CO)c1Cl. The molecule has 0 spiro atoms. The summed E-state index contributed by atoms with van der Waals surface area (Å²) in [6.07, 6.45) is 0. The highest BCUT2D eigenvalue weighted by molar-refractivity contribution is 6.34. The van der Waals surface area contributed by atoms with E-state index in [0.717, 1.165) is 5.56 Å². The molecule has 0 fully saturated rings. The molecule has 0 saturated carbocycles. The van der Waals surface area contributed by atoms with Gasteiger partial charge in [0.15, 0.2) is 0 Å². The fourth-order valence-corrected chi connectivity index (χ4v) is 1.35. The number of carbonyl (C=O) groups is 1. The van der Waals surface area contributed by atoms with Gasteiger partial charge in [-0.05, 0) is 25.5 Å². The summed E-state index contributed by atoms with van der Waals surface area (Å²) in [6, 6.07) is 4.73. The number of urea groups is 1. The van der Waals surface area contributed by atoms with Crippen molar-refractivity contribution < 1.29 is 9.90 Å². The lowest BCUT2D eigenvalue weighted by Crippen LogP contribution is -2.38. The second-order valence-corrected chi connectivity index (χ2v) is 4.00. The van der Waals surface area contributed by atoms with Gasteiger partial charge in [0.05, 0.1) is 23.4 Å². The molecule has 0 aliphatic carbocycles. The smallest absolute Gasteiger partial charge is 0.319 e. The largest absolute Gasteiger partial charge is 0.394 e. The number of aliphatic hydroxyl groups is 1. The number of hydrogen-bond acceptors (Lipinski definition) is 2. The van der Waals surface area contributed by atoms with Gasteiger partial charge in [0, 0.05) is 0 Å². The third-order valence-electron chi connectivity index (χ3n) is 2.09. The minimum Gasteiger partial charge on any atom is -0.394 e. The maximum absolute atomic E-state index is 11.5. The average Bonchev–Trinajstić information content (AvgIpc) is 2.24. The van der Waals surface area contributed by atoms with Crippen LogP contribution in [-0.4, -0.2) is 23.8 Å². The second-order valence-electron chi connectivity index (χ2n) is 3.62. The lowest BCUT2D eigenvalue weighted by atomic mass is 10.2. The molecule has 3 N–H and O–H groups in total. The van der Waals surface area contributed by atoms with Crippen LogP contribution in [0.25, 0.3) is 0 Å². The monoisotopic (exact) mass is 242 g/mol. The van der Waals surface area contributed by atoms with Crippen molar-refractivity contribution in [2.45, 2.75) is 19.9 Å². The lowest BCUT2D eigenvalue weighted by molar-refractivity contribution is 0.229. The van der Waals surface area contributed by atoms with Crippen molar-refractivity contribution in [3.63, 3.8) is 0 Å². The Morgan fingerprint density at radius 2 is 2.25 bits per heavy atom. The molecule has 4 nitrogen and oxygen atoms in total. The van der Waals surface area contributed by atoms with Gasteiger partial charge in [-0.2, -0.15) is 0 Å². The summed E-state index contributed by atoms with van der Waals surface area (Å²) in [4.78, 5) is 11.5. The highest BCUT2D eigenvalue weighted by Crippen LogP contribution is 2.24. The maximum atomic E-state index is 11.5. The van der Waals surface area contributed by atoms with Crippen LogP contribution < -0.4 is 10.6 Å². The molecule has 0 aliphatic heterocycles.